The van der Waals surface area contributed by atoms with Crippen LogP contribution in [0.15, 0.2) is 45.9 Å². The monoisotopic (exact) mass is 342 g/mol. The second-order valence-electron chi connectivity index (χ2n) is 4.69. The van der Waals surface area contributed by atoms with Gasteiger partial charge in [-0.05, 0) is 30.3 Å². The number of nitrogens with one attached hydrogen (secondary N) is 1. The third-order valence-corrected chi connectivity index (χ3v) is 5.25. The lowest BCUT2D eigenvalue weighted by molar-refractivity contribution is 0.0948. The van der Waals surface area contributed by atoms with Gasteiger partial charge in [-0.2, -0.15) is 0 Å². The van der Waals surface area contributed by atoms with Crippen molar-refractivity contribution in [3.05, 3.63) is 52.9 Å². The number of hydrogen-bond donors (Lipinski definition) is 1. The van der Waals surface area contributed by atoms with Gasteiger partial charge in [0.1, 0.15) is 10.7 Å². The molecule has 0 atom stereocenters. The number of carbonyl (C=O) groups is 1. The molecule has 0 saturated carbocycles. The number of benzene rings is 1. The van der Waals surface area contributed by atoms with Crippen LogP contribution in [0.4, 0.5) is 0 Å². The fourth-order valence-electron chi connectivity index (χ4n) is 1.72. The molecule has 8 heteroatoms. The van der Waals surface area contributed by atoms with E-state index in [9.17, 15) is 13.2 Å². The number of furan rings is 1. The first-order valence-corrected chi connectivity index (χ1v) is 8.17. The van der Waals surface area contributed by atoms with E-state index in [2.05, 4.69) is 5.32 Å². The lowest BCUT2D eigenvalue weighted by Gasteiger charge is -2.13. The maximum atomic E-state index is 12.2. The lowest BCUT2D eigenvalue weighted by Crippen LogP contribution is -2.25. The van der Waals surface area contributed by atoms with Crippen LogP contribution >= 0.6 is 11.6 Å². The fourth-order valence-corrected chi connectivity index (χ4v) is 3.12. The third kappa shape index (κ3) is 3.49. The zero-order valence-electron chi connectivity index (χ0n) is 12.0. The van der Waals surface area contributed by atoms with Gasteiger partial charge >= 0.3 is 0 Å². The van der Waals surface area contributed by atoms with Gasteiger partial charge < -0.3 is 9.73 Å². The largest absolute Gasteiger partial charge is 0.467 e. The summed E-state index contributed by atoms with van der Waals surface area (Å²) in [7, 11) is -0.923. The molecule has 2 aromatic rings. The van der Waals surface area contributed by atoms with Crippen LogP contribution in [0.5, 0.6) is 0 Å². The molecule has 1 aromatic heterocycles. The van der Waals surface area contributed by atoms with Gasteiger partial charge in [0.25, 0.3) is 5.91 Å². The van der Waals surface area contributed by atoms with E-state index in [4.69, 9.17) is 16.0 Å². The minimum Gasteiger partial charge on any atom is -0.467 e. The van der Waals surface area contributed by atoms with Crippen molar-refractivity contribution in [1.82, 2.24) is 9.62 Å². The minimum atomic E-state index is -3.72. The molecule has 0 saturated heterocycles. The third-order valence-electron chi connectivity index (χ3n) is 2.96. The van der Waals surface area contributed by atoms with Gasteiger partial charge in [0.2, 0.25) is 10.0 Å². The van der Waals surface area contributed by atoms with E-state index in [-0.39, 0.29) is 22.0 Å². The van der Waals surface area contributed by atoms with Crippen molar-refractivity contribution in [2.45, 2.75) is 11.4 Å². The summed E-state index contributed by atoms with van der Waals surface area (Å²) in [5, 5.41) is 2.71. The van der Waals surface area contributed by atoms with Gasteiger partial charge in [0.15, 0.2) is 0 Å². The quantitative estimate of drug-likeness (QED) is 0.902. The Hall–Kier alpha value is -1.83. The molecular formula is C14H15ClN2O4S. The van der Waals surface area contributed by atoms with Crippen molar-refractivity contribution >= 4 is 27.5 Å². The number of carbonyl (C=O) groups excluding carboxylic acids is 1. The standard InChI is InChI=1S/C14H15ClN2O4S/c1-17(2)22(19,20)13-8-10(5-6-12(13)15)14(18)16-9-11-4-3-7-21-11/h3-8H,9H2,1-2H3,(H,16,18). The second-order valence-corrected chi connectivity index (χ2v) is 7.22. The highest BCUT2D eigenvalue weighted by Gasteiger charge is 2.22. The molecule has 0 radical (unpaired) electrons. The number of amides is 1. The number of rotatable bonds is 5. The van der Waals surface area contributed by atoms with Crippen molar-refractivity contribution < 1.29 is 17.6 Å². The fraction of sp³-hybridized carbons (Fsp3) is 0.214. The van der Waals surface area contributed by atoms with Gasteiger partial charge in [-0.3, -0.25) is 4.79 Å². The van der Waals surface area contributed by atoms with Crippen molar-refractivity contribution in [2.75, 3.05) is 14.1 Å². The molecule has 0 fully saturated rings. The zero-order chi connectivity index (χ0) is 16.3. The van der Waals surface area contributed by atoms with Crippen LogP contribution < -0.4 is 5.32 Å². The summed E-state index contributed by atoms with van der Waals surface area (Å²) < 4.78 is 30.5. The molecule has 118 valence electrons. The summed E-state index contributed by atoms with van der Waals surface area (Å²) in [6.07, 6.45) is 1.51. The van der Waals surface area contributed by atoms with Crippen LogP contribution in [0.2, 0.25) is 5.02 Å². The maximum Gasteiger partial charge on any atom is 0.251 e. The molecule has 0 spiro atoms. The van der Waals surface area contributed by atoms with Crippen molar-refractivity contribution in [1.29, 1.82) is 0 Å². The summed E-state index contributed by atoms with van der Waals surface area (Å²) in [6, 6.07) is 7.55. The molecule has 1 heterocycles. The van der Waals surface area contributed by atoms with Crippen LogP contribution in [0, 0.1) is 0 Å². The number of nitrogens with zero attached hydrogens (tertiary/aromatic N) is 1. The number of halogens is 1. The van der Waals surface area contributed by atoms with Crippen LogP contribution in [0.3, 0.4) is 0 Å². The van der Waals surface area contributed by atoms with Crippen LogP contribution in [0.1, 0.15) is 16.1 Å². The number of sulfonamides is 1. The Morgan fingerprint density at radius 1 is 1.32 bits per heavy atom. The molecule has 1 amide bonds. The highest BCUT2D eigenvalue weighted by Crippen LogP contribution is 2.24. The first-order chi connectivity index (χ1) is 10.3. The first kappa shape index (κ1) is 16.5. The summed E-state index contributed by atoms with van der Waals surface area (Å²) in [5.74, 6) is 0.187. The molecule has 2 rings (SSSR count). The molecule has 0 aliphatic carbocycles. The van der Waals surface area contributed by atoms with Crippen LogP contribution in [-0.4, -0.2) is 32.7 Å². The van der Waals surface area contributed by atoms with E-state index in [0.29, 0.717) is 5.76 Å². The summed E-state index contributed by atoms with van der Waals surface area (Å²) >= 11 is 5.94. The normalized spacial score (nSPS) is 11.6. The Balaban J connectivity index is 2.24. The summed E-state index contributed by atoms with van der Waals surface area (Å²) in [4.78, 5) is 12.0. The van der Waals surface area contributed by atoms with Crippen molar-refractivity contribution in [3.63, 3.8) is 0 Å². The van der Waals surface area contributed by atoms with Crippen LogP contribution in [0.25, 0.3) is 0 Å². The SMILES string of the molecule is CN(C)S(=O)(=O)c1cc(C(=O)NCc2ccco2)ccc1Cl. The molecule has 0 aliphatic rings. The molecule has 0 aliphatic heterocycles. The molecule has 0 bridgehead atoms. The van der Waals surface area contributed by atoms with E-state index < -0.39 is 15.9 Å². The second kappa shape index (κ2) is 6.51. The molecule has 6 nitrogen and oxygen atoms in total. The Morgan fingerprint density at radius 3 is 2.64 bits per heavy atom. The number of hydrogen-bond acceptors (Lipinski definition) is 4. The van der Waals surface area contributed by atoms with E-state index in [1.54, 1.807) is 12.1 Å². The average molecular weight is 343 g/mol. The predicted molar refractivity (Wildman–Crippen MR) is 82.2 cm³/mol. The summed E-state index contributed by atoms with van der Waals surface area (Å²) in [6.45, 7) is 0.213. The van der Waals surface area contributed by atoms with Gasteiger partial charge in [-0.1, -0.05) is 11.6 Å². The Bertz CT molecular complexity index is 770. The van der Waals surface area contributed by atoms with Crippen molar-refractivity contribution in [3.8, 4) is 0 Å². The highest BCUT2D eigenvalue weighted by atomic mass is 35.5. The van der Waals surface area contributed by atoms with E-state index in [0.717, 1.165) is 4.31 Å². The molecule has 22 heavy (non-hydrogen) atoms. The summed E-state index contributed by atoms with van der Waals surface area (Å²) in [5.41, 5.74) is 0.205. The van der Waals surface area contributed by atoms with Crippen LogP contribution in [-0.2, 0) is 16.6 Å². The highest BCUT2D eigenvalue weighted by molar-refractivity contribution is 7.89. The average Bonchev–Trinajstić information content (AvgIpc) is 2.98. The Labute approximate surface area is 133 Å². The predicted octanol–water partition coefficient (Wildman–Crippen LogP) is 2.11. The first-order valence-electron chi connectivity index (χ1n) is 6.35. The smallest absolute Gasteiger partial charge is 0.251 e. The minimum absolute atomic E-state index is 0.0660. The molecule has 0 unspecified atom stereocenters. The van der Waals surface area contributed by atoms with Crippen molar-refractivity contribution in [2.24, 2.45) is 0 Å². The lowest BCUT2D eigenvalue weighted by atomic mass is 10.2. The van der Waals surface area contributed by atoms with Gasteiger partial charge in [-0.15, -0.1) is 0 Å². The van der Waals surface area contributed by atoms with E-state index in [1.165, 1.54) is 38.6 Å². The molecule has 1 N–H and O–H groups in total. The molecular weight excluding hydrogens is 328 g/mol. The topological polar surface area (TPSA) is 79.6 Å². The van der Waals surface area contributed by atoms with Gasteiger partial charge in [0.05, 0.1) is 17.8 Å². The Kier molecular flexibility index (Phi) is 4.90. The van der Waals surface area contributed by atoms with E-state index >= 15 is 0 Å². The Morgan fingerprint density at radius 2 is 2.05 bits per heavy atom. The maximum absolute atomic E-state index is 12.2. The zero-order valence-corrected chi connectivity index (χ0v) is 13.6. The van der Waals surface area contributed by atoms with E-state index in [1.807, 2.05) is 0 Å². The van der Waals surface area contributed by atoms with Gasteiger partial charge in [0, 0.05) is 19.7 Å². The molecule has 1 aromatic carbocycles. The van der Waals surface area contributed by atoms with Gasteiger partial charge in [-0.25, -0.2) is 12.7 Å².